The molecule has 0 aromatic rings. The number of rotatable bonds is 6. The molecule has 3 aliphatic rings. The van der Waals surface area contributed by atoms with Gasteiger partial charge in [0, 0.05) is 11.3 Å². The van der Waals surface area contributed by atoms with E-state index in [0.29, 0.717) is 30.1 Å². The van der Waals surface area contributed by atoms with E-state index in [-0.39, 0.29) is 11.4 Å². The van der Waals surface area contributed by atoms with Gasteiger partial charge in [-0.1, -0.05) is 50.7 Å². The quantitative estimate of drug-likeness (QED) is 0.548. The Hall–Kier alpha value is -1.01. The molecule has 1 saturated carbocycles. The molecule has 1 aliphatic heterocycles. The summed E-state index contributed by atoms with van der Waals surface area (Å²) in [4.78, 5) is 24.7. The van der Waals surface area contributed by atoms with E-state index in [4.69, 9.17) is 0 Å². The highest BCUT2D eigenvalue weighted by molar-refractivity contribution is 8.00. The number of carboxylic acids is 1. The summed E-state index contributed by atoms with van der Waals surface area (Å²) in [7, 11) is 0. The Morgan fingerprint density at radius 3 is 2.31 bits per heavy atom. The smallest absolute Gasteiger partial charge is 0.307 e. The number of hydrogen-bond acceptors (Lipinski definition) is 4. The van der Waals surface area contributed by atoms with E-state index in [2.05, 4.69) is 24.5 Å². The number of nitrogens with one attached hydrogen (secondary N) is 2. The highest BCUT2D eigenvalue weighted by Crippen LogP contribution is 2.40. The second-order valence-electron chi connectivity index (χ2n) is 9.51. The first-order valence-corrected chi connectivity index (χ1v) is 12.3. The van der Waals surface area contributed by atoms with Crippen molar-refractivity contribution >= 4 is 23.6 Å². The van der Waals surface area contributed by atoms with Gasteiger partial charge in [0.05, 0.1) is 11.8 Å². The van der Waals surface area contributed by atoms with Crippen molar-refractivity contribution in [1.29, 1.82) is 0 Å². The molecule has 3 N–H and O–H groups in total. The second kappa shape index (κ2) is 9.86. The Morgan fingerprint density at radius 1 is 1.10 bits per heavy atom. The van der Waals surface area contributed by atoms with Crippen molar-refractivity contribution < 1.29 is 14.7 Å². The van der Waals surface area contributed by atoms with Gasteiger partial charge >= 0.3 is 5.97 Å². The summed E-state index contributed by atoms with van der Waals surface area (Å²) in [5.41, 5.74) is 2.16. The molecule has 5 nitrogen and oxygen atoms in total. The van der Waals surface area contributed by atoms with E-state index in [1.54, 1.807) is 11.8 Å². The molecule has 1 heterocycles. The van der Waals surface area contributed by atoms with Crippen LogP contribution in [0.15, 0.2) is 11.1 Å². The van der Waals surface area contributed by atoms with Crippen LogP contribution in [0.3, 0.4) is 0 Å². The first-order chi connectivity index (χ1) is 13.8. The number of thioether (sulfide) groups is 1. The number of hydrogen-bond donors (Lipinski definition) is 3. The van der Waals surface area contributed by atoms with Crippen LogP contribution in [0.2, 0.25) is 0 Å². The standard InChI is InChI=1S/C23H38N2O3S/c1-5-6-16-7-9-17(10-8-16)20-15(4)29-23(24-20)25-21(26)18-11-13(2)14(3)12-19(18)22(27)28/h15-20,23-24H,5-12H2,1-4H3,(H,25,26)(H,27,28). The summed E-state index contributed by atoms with van der Waals surface area (Å²) in [6, 6.07) is 0.429. The lowest BCUT2D eigenvalue weighted by molar-refractivity contribution is -0.147. The van der Waals surface area contributed by atoms with Gasteiger partial charge in [-0.2, -0.15) is 0 Å². The summed E-state index contributed by atoms with van der Waals surface area (Å²) < 4.78 is 0. The van der Waals surface area contributed by atoms with Gasteiger partial charge in [-0.15, -0.1) is 11.8 Å². The van der Waals surface area contributed by atoms with Crippen molar-refractivity contribution in [3.8, 4) is 0 Å². The van der Waals surface area contributed by atoms with Gasteiger partial charge in [-0.3, -0.25) is 14.9 Å². The number of allylic oxidation sites excluding steroid dienone is 2. The zero-order valence-electron chi connectivity index (χ0n) is 18.4. The van der Waals surface area contributed by atoms with Gasteiger partial charge in [0.1, 0.15) is 5.50 Å². The molecule has 0 aromatic heterocycles. The fraction of sp³-hybridized carbons (Fsp3) is 0.826. The molecule has 0 spiro atoms. The minimum absolute atomic E-state index is 0.113. The van der Waals surface area contributed by atoms with E-state index in [9.17, 15) is 14.7 Å². The third-order valence-corrected chi connectivity index (χ3v) is 8.74. The maximum absolute atomic E-state index is 13.0. The molecule has 1 amide bonds. The van der Waals surface area contributed by atoms with Crippen LogP contribution >= 0.6 is 11.8 Å². The summed E-state index contributed by atoms with van der Waals surface area (Å²) in [6.45, 7) is 8.53. The van der Waals surface area contributed by atoms with Crippen molar-refractivity contribution in [3.63, 3.8) is 0 Å². The monoisotopic (exact) mass is 422 g/mol. The van der Waals surface area contributed by atoms with Crippen molar-refractivity contribution in [2.75, 3.05) is 0 Å². The van der Waals surface area contributed by atoms with E-state index in [1.807, 2.05) is 13.8 Å². The summed E-state index contributed by atoms with van der Waals surface area (Å²) in [5.74, 6) is -0.491. The van der Waals surface area contributed by atoms with Crippen LogP contribution in [0.25, 0.3) is 0 Å². The van der Waals surface area contributed by atoms with E-state index in [0.717, 1.165) is 17.1 Å². The van der Waals surface area contributed by atoms with Crippen molar-refractivity contribution in [2.45, 2.75) is 95.9 Å². The molecule has 0 radical (unpaired) electrons. The van der Waals surface area contributed by atoms with Crippen LogP contribution in [0.4, 0.5) is 0 Å². The third-order valence-electron chi connectivity index (χ3n) is 7.49. The van der Waals surface area contributed by atoms with Crippen molar-refractivity contribution in [2.24, 2.45) is 23.7 Å². The highest BCUT2D eigenvalue weighted by Gasteiger charge is 2.41. The second-order valence-corrected chi connectivity index (χ2v) is 11.0. The molecule has 5 unspecified atom stereocenters. The molecular weight excluding hydrogens is 384 g/mol. The predicted molar refractivity (Wildman–Crippen MR) is 118 cm³/mol. The van der Waals surface area contributed by atoms with Crippen molar-refractivity contribution in [3.05, 3.63) is 11.1 Å². The number of aliphatic carboxylic acids is 1. The fourth-order valence-corrected chi connectivity index (χ4v) is 6.87. The van der Waals surface area contributed by atoms with Crippen LogP contribution in [-0.4, -0.2) is 33.8 Å². The summed E-state index contributed by atoms with van der Waals surface area (Å²) in [5, 5.41) is 16.9. The van der Waals surface area contributed by atoms with Gasteiger partial charge in [0.25, 0.3) is 0 Å². The summed E-state index contributed by atoms with van der Waals surface area (Å²) in [6.07, 6.45) is 8.88. The Balaban J connectivity index is 1.56. The maximum Gasteiger partial charge on any atom is 0.307 e. The molecule has 6 heteroatoms. The lowest BCUT2D eigenvalue weighted by Gasteiger charge is -2.34. The largest absolute Gasteiger partial charge is 0.481 e. The fourth-order valence-electron chi connectivity index (χ4n) is 5.55. The molecule has 29 heavy (non-hydrogen) atoms. The SMILES string of the molecule is CCCC1CCC(C2NC(NC(=O)C3CC(C)=C(C)CC3C(=O)O)SC2C)CC1. The minimum atomic E-state index is -0.862. The molecule has 5 atom stereocenters. The number of amides is 1. The number of carbonyl (C=O) groups excluding carboxylic acids is 1. The molecule has 0 aromatic carbocycles. The van der Waals surface area contributed by atoms with Crippen LogP contribution in [-0.2, 0) is 9.59 Å². The molecule has 164 valence electrons. The van der Waals surface area contributed by atoms with Gasteiger partial charge < -0.3 is 10.4 Å². The summed E-state index contributed by atoms with van der Waals surface area (Å²) >= 11 is 1.78. The Morgan fingerprint density at radius 2 is 1.72 bits per heavy atom. The third kappa shape index (κ3) is 5.38. The van der Waals surface area contributed by atoms with Gasteiger partial charge in [-0.05, 0) is 51.4 Å². The topological polar surface area (TPSA) is 78.4 Å². The molecule has 2 fully saturated rings. The predicted octanol–water partition coefficient (Wildman–Crippen LogP) is 4.53. The number of carbonyl (C=O) groups is 2. The lowest BCUT2D eigenvalue weighted by Crippen LogP contribution is -2.49. The average molecular weight is 423 g/mol. The lowest BCUT2D eigenvalue weighted by atomic mass is 9.76. The van der Waals surface area contributed by atoms with Crippen LogP contribution < -0.4 is 10.6 Å². The molecule has 3 rings (SSSR count). The molecule has 1 saturated heterocycles. The van der Waals surface area contributed by atoms with Gasteiger partial charge in [-0.25, -0.2) is 0 Å². The van der Waals surface area contributed by atoms with E-state index < -0.39 is 17.8 Å². The van der Waals surface area contributed by atoms with Gasteiger partial charge in [0.15, 0.2) is 0 Å². The molecular formula is C23H38N2O3S. The normalized spacial score (nSPS) is 38.1. The first-order valence-electron chi connectivity index (χ1n) is 11.4. The van der Waals surface area contributed by atoms with Crippen LogP contribution in [0.5, 0.6) is 0 Å². The Labute approximate surface area is 179 Å². The molecule has 2 aliphatic carbocycles. The minimum Gasteiger partial charge on any atom is -0.481 e. The van der Waals surface area contributed by atoms with E-state index >= 15 is 0 Å². The zero-order valence-corrected chi connectivity index (χ0v) is 19.2. The Bertz CT molecular complexity index is 642. The van der Waals surface area contributed by atoms with Gasteiger partial charge in [0.2, 0.25) is 5.91 Å². The molecule has 0 bridgehead atoms. The average Bonchev–Trinajstić information content (AvgIpc) is 3.04. The Kier molecular flexibility index (Phi) is 7.71. The zero-order chi connectivity index (χ0) is 21.1. The van der Waals surface area contributed by atoms with Crippen LogP contribution in [0, 0.1) is 23.7 Å². The number of carboxylic acid groups (broad SMARTS) is 1. The highest BCUT2D eigenvalue weighted by atomic mass is 32.2. The van der Waals surface area contributed by atoms with Crippen LogP contribution in [0.1, 0.15) is 79.1 Å². The van der Waals surface area contributed by atoms with Crippen molar-refractivity contribution in [1.82, 2.24) is 10.6 Å². The first kappa shape index (κ1) is 22.7. The maximum atomic E-state index is 13.0. The van der Waals surface area contributed by atoms with E-state index in [1.165, 1.54) is 38.5 Å².